The van der Waals surface area contributed by atoms with E-state index in [2.05, 4.69) is 10.2 Å². The highest BCUT2D eigenvalue weighted by atomic mass is 35.5. The van der Waals surface area contributed by atoms with Gasteiger partial charge in [0, 0.05) is 30.6 Å². The van der Waals surface area contributed by atoms with Gasteiger partial charge in [0.1, 0.15) is 0 Å². The van der Waals surface area contributed by atoms with Crippen molar-refractivity contribution in [3.63, 3.8) is 0 Å². The van der Waals surface area contributed by atoms with Crippen molar-refractivity contribution in [1.82, 2.24) is 10.2 Å². The Kier molecular flexibility index (Phi) is 8.53. The maximum Gasteiger partial charge on any atom is 0.244 e. The Morgan fingerprint density at radius 2 is 2.25 bits per heavy atom. The molecule has 0 unspecified atom stereocenters. The van der Waals surface area contributed by atoms with Crippen LogP contribution in [0.2, 0.25) is 0 Å². The highest BCUT2D eigenvalue weighted by molar-refractivity contribution is 7.10. The van der Waals surface area contributed by atoms with E-state index in [4.69, 9.17) is 4.74 Å². The smallest absolute Gasteiger partial charge is 0.244 e. The third kappa shape index (κ3) is 6.52. The van der Waals surface area contributed by atoms with Gasteiger partial charge in [0.05, 0.1) is 13.2 Å². The fraction of sp³-hybridized carbons (Fsp3) is 0.500. The van der Waals surface area contributed by atoms with E-state index in [0.717, 1.165) is 50.7 Å². The van der Waals surface area contributed by atoms with Crippen LogP contribution in [-0.2, 0) is 9.53 Å². The molecule has 1 N–H and O–H groups in total. The number of carbonyl (C=O) groups excluding carboxylic acids is 1. The van der Waals surface area contributed by atoms with Gasteiger partial charge < -0.3 is 10.1 Å². The summed E-state index contributed by atoms with van der Waals surface area (Å²) in [7, 11) is 0. The minimum absolute atomic E-state index is 0. The lowest BCUT2D eigenvalue weighted by Gasteiger charge is -2.26. The Morgan fingerprint density at radius 1 is 1.45 bits per heavy atom. The van der Waals surface area contributed by atoms with E-state index < -0.39 is 0 Å². The predicted octanol–water partition coefficient (Wildman–Crippen LogP) is 2.02. The number of nitrogens with zero attached hydrogens (tertiary/aromatic N) is 1. The first-order valence-corrected chi connectivity index (χ1v) is 7.52. The quantitative estimate of drug-likeness (QED) is 0.645. The molecule has 1 aromatic heterocycles. The van der Waals surface area contributed by atoms with Gasteiger partial charge in [-0.3, -0.25) is 9.69 Å². The predicted molar refractivity (Wildman–Crippen MR) is 85.5 cm³/mol. The van der Waals surface area contributed by atoms with Crippen LogP contribution >= 0.6 is 23.7 Å². The summed E-state index contributed by atoms with van der Waals surface area (Å²) in [6, 6.07) is 3.97. The normalized spacial score (nSPS) is 16.0. The second-order valence-corrected chi connectivity index (χ2v) is 5.43. The van der Waals surface area contributed by atoms with Crippen molar-refractivity contribution in [2.75, 3.05) is 39.4 Å². The number of morpholine rings is 1. The zero-order chi connectivity index (χ0) is 13.3. The first-order valence-electron chi connectivity index (χ1n) is 6.64. The molecule has 2 rings (SSSR count). The molecule has 0 aromatic carbocycles. The first-order chi connectivity index (χ1) is 9.34. The summed E-state index contributed by atoms with van der Waals surface area (Å²) in [5.41, 5.74) is 0. The Morgan fingerprint density at radius 3 is 2.95 bits per heavy atom. The number of amides is 1. The van der Waals surface area contributed by atoms with Crippen molar-refractivity contribution in [3.05, 3.63) is 28.5 Å². The minimum atomic E-state index is -0.0182. The summed E-state index contributed by atoms with van der Waals surface area (Å²) >= 11 is 1.63. The summed E-state index contributed by atoms with van der Waals surface area (Å²) in [5, 5.41) is 4.91. The molecule has 112 valence electrons. The molecule has 1 aromatic rings. The summed E-state index contributed by atoms with van der Waals surface area (Å²) in [6.07, 6.45) is 4.43. The molecule has 0 aliphatic carbocycles. The molecule has 0 spiro atoms. The second kappa shape index (κ2) is 9.94. The molecule has 0 atom stereocenters. The molecule has 1 amide bonds. The van der Waals surface area contributed by atoms with E-state index in [-0.39, 0.29) is 18.3 Å². The third-order valence-corrected chi connectivity index (χ3v) is 3.83. The van der Waals surface area contributed by atoms with Gasteiger partial charge >= 0.3 is 0 Å². The molecule has 0 saturated carbocycles. The molecule has 0 bridgehead atoms. The molecule has 0 radical (unpaired) electrons. The summed E-state index contributed by atoms with van der Waals surface area (Å²) < 4.78 is 5.29. The highest BCUT2D eigenvalue weighted by Crippen LogP contribution is 2.09. The molecule has 1 fully saturated rings. The van der Waals surface area contributed by atoms with Crippen LogP contribution in [0.3, 0.4) is 0 Å². The number of hydrogen-bond donors (Lipinski definition) is 1. The van der Waals surface area contributed by atoms with Crippen molar-refractivity contribution in [1.29, 1.82) is 0 Å². The Labute approximate surface area is 130 Å². The van der Waals surface area contributed by atoms with Gasteiger partial charge in [0.2, 0.25) is 5.91 Å². The average Bonchev–Trinajstić information content (AvgIpc) is 2.96. The van der Waals surface area contributed by atoms with E-state index >= 15 is 0 Å². The molecular formula is C14H21ClN2O2S. The number of carbonyl (C=O) groups is 1. The van der Waals surface area contributed by atoms with Crippen LogP contribution in [-0.4, -0.2) is 50.2 Å². The molecule has 4 nitrogen and oxygen atoms in total. The van der Waals surface area contributed by atoms with E-state index in [1.54, 1.807) is 17.4 Å². The summed E-state index contributed by atoms with van der Waals surface area (Å²) in [5.74, 6) is -0.0182. The average molecular weight is 317 g/mol. The number of rotatable bonds is 6. The third-order valence-electron chi connectivity index (χ3n) is 3.00. The standard InChI is InChI=1S/C14H20N2O2S.ClH/c17-14(5-4-13-3-1-12-19-13)15-6-2-7-16-8-10-18-11-9-16;/h1,3-5,12H,2,6-11H2,(H,15,17);1H/b5-4+;. The maximum absolute atomic E-state index is 11.6. The molecule has 2 heterocycles. The maximum atomic E-state index is 11.6. The molecule has 1 aliphatic heterocycles. The number of nitrogens with one attached hydrogen (secondary N) is 1. The van der Waals surface area contributed by atoms with Crippen molar-refractivity contribution in [2.24, 2.45) is 0 Å². The fourth-order valence-electron chi connectivity index (χ4n) is 1.94. The Balaban J connectivity index is 0.00000200. The monoisotopic (exact) mass is 316 g/mol. The lowest BCUT2D eigenvalue weighted by molar-refractivity contribution is -0.116. The van der Waals surface area contributed by atoms with Crippen molar-refractivity contribution < 1.29 is 9.53 Å². The van der Waals surface area contributed by atoms with Crippen molar-refractivity contribution in [2.45, 2.75) is 6.42 Å². The largest absolute Gasteiger partial charge is 0.379 e. The summed E-state index contributed by atoms with van der Waals surface area (Å²) in [6.45, 7) is 5.42. The van der Waals surface area contributed by atoms with Crippen LogP contribution in [0, 0.1) is 0 Å². The second-order valence-electron chi connectivity index (χ2n) is 4.45. The van der Waals surface area contributed by atoms with Crippen LogP contribution < -0.4 is 5.32 Å². The fourth-order valence-corrected chi connectivity index (χ4v) is 2.56. The molecule has 1 saturated heterocycles. The molecule has 6 heteroatoms. The first kappa shape index (κ1) is 17.2. The van der Waals surface area contributed by atoms with Crippen LogP contribution in [0.25, 0.3) is 6.08 Å². The minimum Gasteiger partial charge on any atom is -0.379 e. The van der Waals surface area contributed by atoms with Crippen LogP contribution in [0.1, 0.15) is 11.3 Å². The molecular weight excluding hydrogens is 296 g/mol. The van der Waals surface area contributed by atoms with Crippen LogP contribution in [0.5, 0.6) is 0 Å². The van der Waals surface area contributed by atoms with Crippen molar-refractivity contribution >= 4 is 35.7 Å². The topological polar surface area (TPSA) is 41.6 Å². The number of ether oxygens (including phenoxy) is 1. The van der Waals surface area contributed by atoms with Gasteiger partial charge in [0.15, 0.2) is 0 Å². The summed E-state index contributed by atoms with van der Waals surface area (Å²) in [4.78, 5) is 15.0. The van der Waals surface area contributed by atoms with Gasteiger partial charge in [-0.2, -0.15) is 0 Å². The number of thiophene rings is 1. The van der Waals surface area contributed by atoms with Gasteiger partial charge in [0.25, 0.3) is 0 Å². The lowest BCUT2D eigenvalue weighted by Crippen LogP contribution is -2.38. The van der Waals surface area contributed by atoms with E-state index in [0.29, 0.717) is 0 Å². The van der Waals surface area contributed by atoms with Crippen LogP contribution in [0.15, 0.2) is 23.6 Å². The van der Waals surface area contributed by atoms with Crippen LogP contribution in [0.4, 0.5) is 0 Å². The molecule has 1 aliphatic rings. The van der Waals surface area contributed by atoms with E-state index in [1.165, 1.54) is 0 Å². The van der Waals surface area contributed by atoms with E-state index in [9.17, 15) is 4.79 Å². The van der Waals surface area contributed by atoms with Gasteiger partial charge in [-0.25, -0.2) is 0 Å². The lowest BCUT2D eigenvalue weighted by atomic mass is 10.3. The molecule has 20 heavy (non-hydrogen) atoms. The van der Waals surface area contributed by atoms with Gasteiger partial charge in [-0.05, 0) is 30.5 Å². The number of halogens is 1. The zero-order valence-corrected chi connectivity index (χ0v) is 13.0. The SMILES string of the molecule is Cl.O=C(/C=C/c1cccs1)NCCCN1CCOCC1. The van der Waals surface area contributed by atoms with Gasteiger partial charge in [-0.15, -0.1) is 23.7 Å². The Bertz CT molecular complexity index is 403. The highest BCUT2D eigenvalue weighted by Gasteiger charge is 2.09. The number of hydrogen-bond acceptors (Lipinski definition) is 4. The van der Waals surface area contributed by atoms with Crippen molar-refractivity contribution in [3.8, 4) is 0 Å². The van der Waals surface area contributed by atoms with Gasteiger partial charge in [-0.1, -0.05) is 6.07 Å². The zero-order valence-electron chi connectivity index (χ0n) is 11.4. The van der Waals surface area contributed by atoms with E-state index in [1.807, 2.05) is 23.6 Å². The Hall–Kier alpha value is -0.880.